The van der Waals surface area contributed by atoms with Crippen LogP contribution in [0.5, 0.6) is 11.5 Å². The van der Waals surface area contributed by atoms with Gasteiger partial charge in [0.25, 0.3) is 0 Å². The summed E-state index contributed by atoms with van der Waals surface area (Å²) in [7, 11) is 0. The molecule has 0 saturated heterocycles. The lowest BCUT2D eigenvalue weighted by Crippen LogP contribution is -2.07. The van der Waals surface area contributed by atoms with Crippen molar-refractivity contribution in [2.24, 2.45) is 0 Å². The van der Waals surface area contributed by atoms with E-state index in [1.807, 2.05) is 47.9 Å². The summed E-state index contributed by atoms with van der Waals surface area (Å²) in [6.45, 7) is 7.40. The van der Waals surface area contributed by atoms with Gasteiger partial charge in [0.2, 0.25) is 0 Å². The fourth-order valence-electron chi connectivity index (χ4n) is 2.59. The van der Waals surface area contributed by atoms with Crippen LogP contribution in [-0.4, -0.2) is 21.4 Å². The number of thioether (sulfide) groups is 1. The molecular weight excluding hydrogens is 394 g/mol. The van der Waals surface area contributed by atoms with E-state index in [9.17, 15) is 0 Å². The maximum absolute atomic E-state index is 5.91. The Morgan fingerprint density at radius 2 is 1.89 bits per heavy atom. The molecule has 0 spiro atoms. The Hall–Kier alpha value is -2.44. The molecule has 0 aliphatic rings. The summed E-state index contributed by atoms with van der Waals surface area (Å²) in [5.74, 6) is 3.12. The van der Waals surface area contributed by atoms with Gasteiger partial charge >= 0.3 is 0 Å². The number of aromatic nitrogens is 3. The molecule has 3 rings (SSSR count). The fraction of sp³-hybridized carbons (Fsp3) is 0.238. The van der Waals surface area contributed by atoms with Gasteiger partial charge in [-0.05, 0) is 37.3 Å². The Kier molecular flexibility index (Phi) is 7.39. The largest absolute Gasteiger partial charge is 0.494 e. The molecule has 1 aromatic heterocycles. The van der Waals surface area contributed by atoms with Crippen LogP contribution in [0.25, 0.3) is 0 Å². The van der Waals surface area contributed by atoms with Gasteiger partial charge in [-0.25, -0.2) is 0 Å². The van der Waals surface area contributed by atoms with Crippen LogP contribution in [0.1, 0.15) is 18.3 Å². The molecule has 0 fully saturated rings. The third kappa shape index (κ3) is 5.30. The molecule has 146 valence electrons. The van der Waals surface area contributed by atoms with Crippen LogP contribution in [0, 0.1) is 0 Å². The van der Waals surface area contributed by atoms with E-state index in [1.165, 1.54) is 0 Å². The van der Waals surface area contributed by atoms with Crippen molar-refractivity contribution >= 4 is 23.4 Å². The summed E-state index contributed by atoms with van der Waals surface area (Å²) in [4.78, 5) is 0. The standard InChI is InChI=1S/C21H22ClN3O2S/c1-3-13-25-20(14-27-18-11-9-17(22)10-12-18)23-24-21(25)28-15-16-7-5-6-8-19(16)26-4-2/h3,5-12H,1,4,13-15H2,2H3. The summed E-state index contributed by atoms with van der Waals surface area (Å²) in [6.07, 6.45) is 1.83. The van der Waals surface area contributed by atoms with Crippen molar-refractivity contribution in [1.29, 1.82) is 0 Å². The fourth-order valence-corrected chi connectivity index (χ4v) is 3.67. The maximum Gasteiger partial charge on any atom is 0.191 e. The molecule has 0 bridgehead atoms. The molecule has 0 aliphatic carbocycles. The van der Waals surface area contributed by atoms with Crippen LogP contribution < -0.4 is 9.47 Å². The highest BCUT2D eigenvalue weighted by atomic mass is 35.5. The zero-order chi connectivity index (χ0) is 19.8. The molecule has 0 atom stereocenters. The summed E-state index contributed by atoms with van der Waals surface area (Å²) in [5.41, 5.74) is 1.13. The lowest BCUT2D eigenvalue weighted by molar-refractivity contribution is 0.289. The van der Waals surface area contributed by atoms with Crippen molar-refractivity contribution in [2.75, 3.05) is 6.61 Å². The molecule has 0 N–H and O–H groups in total. The second-order valence-corrected chi connectivity index (χ2v) is 7.25. The van der Waals surface area contributed by atoms with Crippen LogP contribution in [0.2, 0.25) is 5.02 Å². The first-order valence-electron chi connectivity index (χ1n) is 8.96. The zero-order valence-electron chi connectivity index (χ0n) is 15.7. The SMILES string of the molecule is C=CCn1c(COc2ccc(Cl)cc2)nnc1SCc1ccccc1OCC. The number of rotatable bonds is 10. The molecule has 0 unspecified atom stereocenters. The van der Waals surface area contributed by atoms with Crippen LogP contribution >= 0.6 is 23.4 Å². The number of halogens is 1. The highest BCUT2D eigenvalue weighted by molar-refractivity contribution is 7.98. The van der Waals surface area contributed by atoms with Gasteiger partial charge in [0.1, 0.15) is 18.1 Å². The first-order valence-corrected chi connectivity index (χ1v) is 10.3. The molecule has 0 aliphatic heterocycles. The lowest BCUT2D eigenvalue weighted by atomic mass is 10.2. The Labute approximate surface area is 174 Å². The van der Waals surface area contributed by atoms with E-state index in [1.54, 1.807) is 23.9 Å². The molecule has 5 nitrogen and oxygen atoms in total. The summed E-state index contributed by atoms with van der Waals surface area (Å²) in [6, 6.07) is 15.3. The Balaban J connectivity index is 1.70. The lowest BCUT2D eigenvalue weighted by Gasteiger charge is -2.11. The Morgan fingerprint density at radius 3 is 2.64 bits per heavy atom. The number of hydrogen-bond acceptors (Lipinski definition) is 5. The Morgan fingerprint density at radius 1 is 1.11 bits per heavy atom. The van der Waals surface area contributed by atoms with Gasteiger partial charge in [-0.3, -0.25) is 4.57 Å². The van der Waals surface area contributed by atoms with E-state index < -0.39 is 0 Å². The van der Waals surface area contributed by atoms with Gasteiger partial charge in [-0.2, -0.15) is 0 Å². The van der Waals surface area contributed by atoms with Crippen molar-refractivity contribution in [2.45, 2.75) is 31.0 Å². The van der Waals surface area contributed by atoms with Crippen LogP contribution in [0.3, 0.4) is 0 Å². The van der Waals surface area contributed by atoms with Crippen LogP contribution in [0.15, 0.2) is 66.3 Å². The van der Waals surface area contributed by atoms with Crippen molar-refractivity contribution in [3.63, 3.8) is 0 Å². The molecule has 28 heavy (non-hydrogen) atoms. The number of ether oxygens (including phenoxy) is 2. The number of para-hydroxylation sites is 1. The van der Waals surface area contributed by atoms with Gasteiger partial charge in [-0.1, -0.05) is 47.6 Å². The molecule has 3 aromatic rings. The van der Waals surface area contributed by atoms with Gasteiger partial charge in [0, 0.05) is 22.9 Å². The average molecular weight is 416 g/mol. The van der Waals surface area contributed by atoms with Crippen molar-refractivity contribution in [1.82, 2.24) is 14.8 Å². The molecule has 1 heterocycles. The van der Waals surface area contributed by atoms with E-state index in [4.69, 9.17) is 21.1 Å². The first kappa shape index (κ1) is 20.3. The van der Waals surface area contributed by atoms with E-state index in [2.05, 4.69) is 22.8 Å². The van der Waals surface area contributed by atoms with Gasteiger partial charge in [0.05, 0.1) is 6.61 Å². The van der Waals surface area contributed by atoms with Gasteiger partial charge in [0.15, 0.2) is 11.0 Å². The number of benzene rings is 2. The highest BCUT2D eigenvalue weighted by Gasteiger charge is 2.13. The monoisotopic (exact) mass is 415 g/mol. The van der Waals surface area contributed by atoms with E-state index >= 15 is 0 Å². The first-order chi connectivity index (χ1) is 13.7. The summed E-state index contributed by atoms with van der Waals surface area (Å²) < 4.78 is 13.5. The molecule has 7 heteroatoms. The highest BCUT2D eigenvalue weighted by Crippen LogP contribution is 2.28. The van der Waals surface area contributed by atoms with Crippen LogP contribution in [-0.2, 0) is 18.9 Å². The third-order valence-electron chi connectivity index (χ3n) is 3.92. The Bertz CT molecular complexity index is 912. The maximum atomic E-state index is 5.91. The van der Waals surface area contributed by atoms with Crippen molar-refractivity contribution < 1.29 is 9.47 Å². The minimum absolute atomic E-state index is 0.318. The normalized spacial score (nSPS) is 10.6. The average Bonchev–Trinajstić information content (AvgIpc) is 3.09. The second-order valence-electron chi connectivity index (χ2n) is 5.87. The molecule has 0 amide bonds. The van der Waals surface area contributed by atoms with Crippen molar-refractivity contribution in [3.8, 4) is 11.5 Å². The quantitative estimate of drug-likeness (QED) is 0.328. The number of allylic oxidation sites excluding steroid dienone is 1. The van der Waals surface area contributed by atoms with E-state index in [-0.39, 0.29) is 0 Å². The summed E-state index contributed by atoms with van der Waals surface area (Å²) in [5, 5.41) is 10.1. The smallest absolute Gasteiger partial charge is 0.191 e. The van der Waals surface area contributed by atoms with Gasteiger partial charge < -0.3 is 9.47 Å². The minimum Gasteiger partial charge on any atom is -0.494 e. The number of hydrogen-bond donors (Lipinski definition) is 0. The molecule has 0 saturated carbocycles. The van der Waals surface area contributed by atoms with Crippen LogP contribution in [0.4, 0.5) is 0 Å². The van der Waals surface area contributed by atoms with E-state index in [0.29, 0.717) is 24.8 Å². The molecule has 0 radical (unpaired) electrons. The second kappa shape index (κ2) is 10.2. The predicted octanol–water partition coefficient (Wildman–Crippen LogP) is 5.39. The molecular formula is C21H22ClN3O2S. The third-order valence-corrected chi connectivity index (χ3v) is 5.18. The molecule has 2 aromatic carbocycles. The predicted molar refractivity (Wildman–Crippen MR) is 113 cm³/mol. The van der Waals surface area contributed by atoms with Crippen molar-refractivity contribution in [3.05, 3.63) is 77.6 Å². The minimum atomic E-state index is 0.318. The van der Waals surface area contributed by atoms with E-state index in [0.717, 1.165) is 33.8 Å². The summed E-state index contributed by atoms with van der Waals surface area (Å²) >= 11 is 7.52. The topological polar surface area (TPSA) is 49.2 Å². The zero-order valence-corrected chi connectivity index (χ0v) is 17.2. The van der Waals surface area contributed by atoms with Gasteiger partial charge in [-0.15, -0.1) is 16.8 Å². The number of nitrogens with zero attached hydrogens (tertiary/aromatic N) is 3.